The van der Waals surface area contributed by atoms with Crippen LogP contribution in [0, 0.1) is 5.92 Å². The van der Waals surface area contributed by atoms with Crippen molar-refractivity contribution in [2.24, 2.45) is 5.92 Å². The molecule has 1 N–H and O–H groups in total. The van der Waals surface area contributed by atoms with Gasteiger partial charge in [-0.05, 0) is 48.9 Å². The first-order chi connectivity index (χ1) is 14.7. The number of halogens is 1. The van der Waals surface area contributed by atoms with E-state index >= 15 is 0 Å². The van der Waals surface area contributed by atoms with Crippen molar-refractivity contribution in [1.29, 1.82) is 0 Å². The van der Waals surface area contributed by atoms with Crippen LogP contribution in [0.5, 0.6) is 0 Å². The van der Waals surface area contributed by atoms with E-state index in [2.05, 4.69) is 45.4 Å². The second kappa shape index (κ2) is 10.4. The highest BCUT2D eigenvalue weighted by atomic mass is 35.5. The molecule has 1 amide bonds. The summed E-state index contributed by atoms with van der Waals surface area (Å²) in [7, 11) is 0. The highest BCUT2D eigenvalue weighted by Crippen LogP contribution is 2.49. The van der Waals surface area contributed by atoms with Crippen LogP contribution in [-0.2, 0) is 11.3 Å². The Morgan fingerprint density at radius 3 is 2.40 bits per heavy atom. The summed E-state index contributed by atoms with van der Waals surface area (Å²) in [5.74, 6) is 0.586. The molecule has 2 unspecified atom stereocenters. The number of unbranched alkanes of at least 4 members (excludes halogenated alkanes) is 1. The minimum absolute atomic E-state index is 0.0996. The Hall–Kier alpha value is -1.88. The third kappa shape index (κ3) is 5.84. The Morgan fingerprint density at radius 1 is 0.933 bits per heavy atom. The van der Waals surface area contributed by atoms with Crippen molar-refractivity contribution in [3.8, 4) is 0 Å². The number of nitrogens with one attached hydrogen (secondary N) is 1. The van der Waals surface area contributed by atoms with Gasteiger partial charge in [-0.15, -0.1) is 0 Å². The van der Waals surface area contributed by atoms with Gasteiger partial charge in [0, 0.05) is 50.2 Å². The molecule has 0 aromatic heterocycles. The number of rotatable bonds is 9. The number of carbonyl (C=O) groups excluding carboxylic acids is 1. The molecule has 1 aliphatic carbocycles. The topological polar surface area (TPSA) is 35.6 Å². The molecular weight excluding hydrogens is 394 g/mol. The van der Waals surface area contributed by atoms with Crippen LogP contribution in [0.1, 0.15) is 36.3 Å². The summed E-state index contributed by atoms with van der Waals surface area (Å²) >= 11 is 6.26. The standard InChI is InChI=1S/C25H32ClN3O/c26-24-11-5-4-10-21(24)22-18-23(22)25(30)27-12-6-7-13-28-14-16-29(17-15-28)19-20-8-2-1-3-9-20/h1-5,8-11,22-23H,6-7,12-19H2,(H,27,30). The van der Waals surface area contributed by atoms with Crippen molar-refractivity contribution >= 4 is 17.5 Å². The summed E-state index contributed by atoms with van der Waals surface area (Å²) in [6.07, 6.45) is 3.10. The lowest BCUT2D eigenvalue weighted by Gasteiger charge is -2.34. The van der Waals surface area contributed by atoms with Crippen LogP contribution in [-0.4, -0.2) is 55.0 Å². The maximum Gasteiger partial charge on any atom is 0.223 e. The van der Waals surface area contributed by atoms with E-state index < -0.39 is 0 Å². The number of amides is 1. The van der Waals surface area contributed by atoms with Crippen LogP contribution >= 0.6 is 11.6 Å². The predicted octanol–water partition coefficient (Wildman–Crippen LogP) is 4.16. The molecule has 30 heavy (non-hydrogen) atoms. The summed E-state index contributed by atoms with van der Waals surface area (Å²) in [4.78, 5) is 17.5. The van der Waals surface area contributed by atoms with Crippen LogP contribution in [0.2, 0.25) is 5.02 Å². The van der Waals surface area contributed by atoms with Gasteiger partial charge in [-0.2, -0.15) is 0 Å². The van der Waals surface area contributed by atoms with E-state index in [-0.39, 0.29) is 11.8 Å². The smallest absolute Gasteiger partial charge is 0.223 e. The fraction of sp³-hybridized carbons (Fsp3) is 0.480. The molecule has 160 valence electrons. The fourth-order valence-corrected chi connectivity index (χ4v) is 4.70. The Morgan fingerprint density at radius 2 is 1.63 bits per heavy atom. The molecule has 2 aromatic rings. The molecule has 4 rings (SSSR count). The van der Waals surface area contributed by atoms with Crippen LogP contribution in [0.3, 0.4) is 0 Å². The average molecular weight is 426 g/mol. The Labute approximate surface area is 185 Å². The quantitative estimate of drug-likeness (QED) is 0.613. The molecule has 1 aliphatic heterocycles. The molecule has 0 spiro atoms. The zero-order valence-electron chi connectivity index (χ0n) is 17.6. The molecule has 1 heterocycles. The number of hydrogen-bond acceptors (Lipinski definition) is 3. The second-order valence-electron chi connectivity index (χ2n) is 8.57. The van der Waals surface area contributed by atoms with Gasteiger partial charge in [0.1, 0.15) is 0 Å². The number of nitrogens with zero attached hydrogens (tertiary/aromatic N) is 2. The fourth-order valence-electron chi connectivity index (χ4n) is 4.42. The van der Waals surface area contributed by atoms with Gasteiger partial charge in [0.05, 0.1) is 0 Å². The van der Waals surface area contributed by atoms with Crippen molar-refractivity contribution in [2.45, 2.75) is 31.7 Å². The number of piperazine rings is 1. The van der Waals surface area contributed by atoms with Gasteiger partial charge >= 0.3 is 0 Å². The summed E-state index contributed by atoms with van der Waals surface area (Å²) < 4.78 is 0. The lowest BCUT2D eigenvalue weighted by molar-refractivity contribution is -0.122. The number of hydrogen-bond donors (Lipinski definition) is 1. The van der Waals surface area contributed by atoms with Crippen LogP contribution < -0.4 is 5.32 Å². The van der Waals surface area contributed by atoms with Crippen molar-refractivity contribution in [3.63, 3.8) is 0 Å². The molecule has 2 aromatic carbocycles. The summed E-state index contributed by atoms with van der Waals surface area (Å²) in [5.41, 5.74) is 2.51. The minimum atomic E-state index is 0.0996. The maximum absolute atomic E-state index is 12.4. The molecule has 1 saturated carbocycles. The largest absolute Gasteiger partial charge is 0.356 e. The maximum atomic E-state index is 12.4. The first-order valence-corrected chi connectivity index (χ1v) is 11.6. The summed E-state index contributed by atoms with van der Waals surface area (Å²) in [6, 6.07) is 18.6. The second-order valence-corrected chi connectivity index (χ2v) is 8.98. The van der Waals surface area contributed by atoms with E-state index in [1.165, 1.54) is 5.56 Å². The van der Waals surface area contributed by atoms with E-state index in [0.717, 1.165) is 75.7 Å². The van der Waals surface area contributed by atoms with Gasteiger partial charge in [0.2, 0.25) is 5.91 Å². The molecule has 0 bridgehead atoms. The minimum Gasteiger partial charge on any atom is -0.356 e. The molecule has 1 saturated heterocycles. The number of carbonyl (C=O) groups is 1. The van der Waals surface area contributed by atoms with E-state index in [1.807, 2.05) is 24.3 Å². The van der Waals surface area contributed by atoms with Gasteiger partial charge in [0.15, 0.2) is 0 Å². The van der Waals surface area contributed by atoms with Gasteiger partial charge in [-0.3, -0.25) is 9.69 Å². The average Bonchev–Trinajstić information content (AvgIpc) is 3.56. The van der Waals surface area contributed by atoms with E-state index in [9.17, 15) is 4.79 Å². The highest BCUT2D eigenvalue weighted by molar-refractivity contribution is 6.31. The van der Waals surface area contributed by atoms with Crippen molar-refractivity contribution in [1.82, 2.24) is 15.1 Å². The lowest BCUT2D eigenvalue weighted by atomic mass is 10.1. The molecule has 2 fully saturated rings. The molecule has 0 radical (unpaired) electrons. The predicted molar refractivity (Wildman–Crippen MR) is 123 cm³/mol. The third-order valence-corrected chi connectivity index (χ3v) is 6.69. The normalized spacial score (nSPS) is 22.0. The van der Waals surface area contributed by atoms with Crippen molar-refractivity contribution < 1.29 is 4.79 Å². The zero-order valence-corrected chi connectivity index (χ0v) is 18.4. The SMILES string of the molecule is O=C(NCCCCN1CCN(Cc2ccccc2)CC1)C1CC1c1ccccc1Cl. The summed E-state index contributed by atoms with van der Waals surface area (Å²) in [5, 5.41) is 3.91. The lowest BCUT2D eigenvalue weighted by Crippen LogP contribution is -2.46. The Bertz CT molecular complexity index is 820. The van der Waals surface area contributed by atoms with E-state index in [1.54, 1.807) is 0 Å². The molecular formula is C25H32ClN3O. The Balaban J connectivity index is 1.06. The molecule has 4 nitrogen and oxygen atoms in total. The summed E-state index contributed by atoms with van der Waals surface area (Å²) in [6.45, 7) is 7.51. The first-order valence-electron chi connectivity index (χ1n) is 11.2. The van der Waals surface area contributed by atoms with Gasteiger partial charge in [-0.25, -0.2) is 0 Å². The number of benzene rings is 2. The van der Waals surface area contributed by atoms with E-state index in [0.29, 0.717) is 5.92 Å². The molecule has 5 heteroatoms. The van der Waals surface area contributed by atoms with E-state index in [4.69, 9.17) is 11.6 Å². The monoisotopic (exact) mass is 425 g/mol. The van der Waals surface area contributed by atoms with Crippen LogP contribution in [0.25, 0.3) is 0 Å². The highest BCUT2D eigenvalue weighted by Gasteiger charge is 2.44. The molecule has 2 atom stereocenters. The van der Waals surface area contributed by atoms with Crippen LogP contribution in [0.15, 0.2) is 54.6 Å². The third-order valence-electron chi connectivity index (χ3n) is 6.35. The van der Waals surface area contributed by atoms with Gasteiger partial charge in [0.25, 0.3) is 0 Å². The molecule has 2 aliphatic rings. The van der Waals surface area contributed by atoms with Gasteiger partial charge < -0.3 is 10.2 Å². The zero-order chi connectivity index (χ0) is 20.8. The first kappa shape index (κ1) is 21.4. The van der Waals surface area contributed by atoms with Gasteiger partial charge in [-0.1, -0.05) is 60.1 Å². The van der Waals surface area contributed by atoms with Crippen LogP contribution in [0.4, 0.5) is 0 Å². The van der Waals surface area contributed by atoms with Crippen molar-refractivity contribution in [2.75, 3.05) is 39.3 Å². The van der Waals surface area contributed by atoms with Crippen molar-refractivity contribution in [3.05, 3.63) is 70.7 Å². The Kier molecular flexibility index (Phi) is 7.42.